The third-order valence-corrected chi connectivity index (χ3v) is 4.20. The van der Waals surface area contributed by atoms with Crippen LogP contribution in [-0.4, -0.2) is 29.5 Å². The highest BCUT2D eigenvalue weighted by Crippen LogP contribution is 2.38. The van der Waals surface area contributed by atoms with E-state index in [0.29, 0.717) is 17.9 Å². The summed E-state index contributed by atoms with van der Waals surface area (Å²) < 4.78 is 0.780. The van der Waals surface area contributed by atoms with Gasteiger partial charge in [-0.3, -0.25) is 4.79 Å². The Morgan fingerprint density at radius 1 is 1.30 bits per heavy atom. The quantitative estimate of drug-likeness (QED) is 0.798. The Hall–Kier alpha value is -2.21. The van der Waals surface area contributed by atoms with Crippen LogP contribution in [0.25, 0.3) is 6.08 Å². The van der Waals surface area contributed by atoms with Crippen LogP contribution in [0.3, 0.4) is 0 Å². The molecule has 1 amide bonds. The number of halogens is 1. The minimum Gasteiger partial charge on any atom is -0.309 e. The number of amides is 1. The fourth-order valence-corrected chi connectivity index (χ4v) is 3.01. The third kappa shape index (κ3) is 2.63. The number of allylic oxidation sites excluding steroid dienone is 1. The summed E-state index contributed by atoms with van der Waals surface area (Å²) in [6.07, 6.45) is 5.59. The number of nitrogens with zero attached hydrogens (tertiary/aromatic N) is 4. The van der Waals surface area contributed by atoms with Crippen LogP contribution >= 0.6 is 15.9 Å². The fourth-order valence-electron chi connectivity index (χ4n) is 2.67. The molecule has 0 spiro atoms. The SMILES string of the molecule is C/C=C/c1ccc2c(n1)N(CC)c1ncc(Br)cc1C(=O)N2C. The summed E-state index contributed by atoms with van der Waals surface area (Å²) in [5.74, 6) is 1.29. The Kier molecular flexibility index (Phi) is 4.17. The smallest absolute Gasteiger partial charge is 0.261 e. The number of hydrogen-bond donors (Lipinski definition) is 0. The summed E-state index contributed by atoms with van der Waals surface area (Å²) in [5, 5.41) is 0. The standard InChI is InChI=1S/C17H17BrN4O/c1-4-6-12-7-8-14-16(20-12)22(5-2)15-13(17(23)21(14)3)9-11(18)10-19-15/h4,6-10H,5H2,1-3H3/b6-4+. The Balaban J connectivity index is 2.28. The van der Waals surface area contributed by atoms with Gasteiger partial charge in [0.05, 0.1) is 16.9 Å². The van der Waals surface area contributed by atoms with E-state index >= 15 is 0 Å². The first kappa shape index (κ1) is 15.7. The lowest BCUT2D eigenvalue weighted by atomic mass is 10.2. The van der Waals surface area contributed by atoms with E-state index in [9.17, 15) is 4.79 Å². The lowest BCUT2D eigenvalue weighted by Crippen LogP contribution is -2.25. The van der Waals surface area contributed by atoms with Gasteiger partial charge in [-0.15, -0.1) is 0 Å². The second kappa shape index (κ2) is 6.12. The lowest BCUT2D eigenvalue weighted by molar-refractivity contribution is 0.0994. The summed E-state index contributed by atoms with van der Waals surface area (Å²) in [5.41, 5.74) is 2.19. The number of fused-ring (bicyclic) bond motifs is 2. The van der Waals surface area contributed by atoms with Gasteiger partial charge in [0.2, 0.25) is 0 Å². The third-order valence-electron chi connectivity index (χ3n) is 3.77. The predicted octanol–water partition coefficient (Wildman–Crippen LogP) is 4.02. The van der Waals surface area contributed by atoms with Gasteiger partial charge >= 0.3 is 0 Å². The molecule has 1 aliphatic rings. The molecule has 0 atom stereocenters. The summed E-state index contributed by atoms with van der Waals surface area (Å²) in [7, 11) is 1.77. The molecule has 118 valence electrons. The molecule has 23 heavy (non-hydrogen) atoms. The highest BCUT2D eigenvalue weighted by molar-refractivity contribution is 9.10. The molecule has 0 fully saturated rings. The van der Waals surface area contributed by atoms with Crippen molar-refractivity contribution in [3.05, 3.63) is 46.2 Å². The summed E-state index contributed by atoms with van der Waals surface area (Å²) >= 11 is 3.40. The Bertz CT molecular complexity index is 803. The molecular weight excluding hydrogens is 356 g/mol. The first-order valence-electron chi connectivity index (χ1n) is 7.41. The van der Waals surface area contributed by atoms with Crippen molar-refractivity contribution < 1.29 is 4.79 Å². The van der Waals surface area contributed by atoms with Crippen LogP contribution < -0.4 is 9.80 Å². The lowest BCUT2D eigenvalue weighted by Gasteiger charge is -2.23. The number of carbonyl (C=O) groups excluding carboxylic acids is 1. The van der Waals surface area contributed by atoms with Crippen LogP contribution in [0.1, 0.15) is 29.9 Å². The van der Waals surface area contributed by atoms with Crippen molar-refractivity contribution in [3.63, 3.8) is 0 Å². The van der Waals surface area contributed by atoms with Crippen LogP contribution in [0.5, 0.6) is 0 Å². The molecule has 2 aromatic rings. The van der Waals surface area contributed by atoms with Crippen LogP contribution in [0.2, 0.25) is 0 Å². The largest absolute Gasteiger partial charge is 0.309 e. The van der Waals surface area contributed by atoms with Gasteiger partial charge in [0, 0.05) is 24.3 Å². The fraction of sp³-hybridized carbons (Fsp3) is 0.235. The highest BCUT2D eigenvalue weighted by Gasteiger charge is 2.30. The van der Waals surface area contributed by atoms with Gasteiger partial charge in [-0.2, -0.15) is 0 Å². The van der Waals surface area contributed by atoms with Crippen LogP contribution in [-0.2, 0) is 0 Å². The molecule has 6 heteroatoms. The van der Waals surface area contributed by atoms with Crippen molar-refractivity contribution in [2.75, 3.05) is 23.4 Å². The molecule has 5 nitrogen and oxygen atoms in total. The zero-order valence-electron chi connectivity index (χ0n) is 13.2. The van der Waals surface area contributed by atoms with Gasteiger partial charge in [0.15, 0.2) is 5.82 Å². The first-order chi connectivity index (χ1) is 11.1. The first-order valence-corrected chi connectivity index (χ1v) is 8.21. The van der Waals surface area contributed by atoms with Gasteiger partial charge in [-0.05, 0) is 54.1 Å². The maximum absolute atomic E-state index is 12.8. The molecule has 0 N–H and O–H groups in total. The van der Waals surface area contributed by atoms with E-state index in [1.54, 1.807) is 18.1 Å². The van der Waals surface area contributed by atoms with E-state index < -0.39 is 0 Å². The van der Waals surface area contributed by atoms with Crippen LogP contribution in [0, 0.1) is 0 Å². The molecule has 1 aliphatic heterocycles. The van der Waals surface area contributed by atoms with Crippen molar-refractivity contribution >= 4 is 45.2 Å². The van der Waals surface area contributed by atoms with Crippen LogP contribution in [0.15, 0.2) is 34.9 Å². The predicted molar refractivity (Wildman–Crippen MR) is 96.3 cm³/mol. The average molecular weight is 373 g/mol. The van der Waals surface area contributed by atoms with Crippen molar-refractivity contribution in [2.45, 2.75) is 13.8 Å². The number of pyridine rings is 2. The number of anilines is 3. The van der Waals surface area contributed by atoms with E-state index in [-0.39, 0.29) is 5.91 Å². The molecule has 0 saturated carbocycles. The molecule has 3 rings (SSSR count). The van der Waals surface area contributed by atoms with E-state index in [2.05, 4.69) is 20.9 Å². The number of rotatable bonds is 2. The number of hydrogen-bond acceptors (Lipinski definition) is 4. The maximum atomic E-state index is 12.8. The van der Waals surface area contributed by atoms with Gasteiger partial charge in [-0.1, -0.05) is 6.08 Å². The van der Waals surface area contributed by atoms with E-state index in [4.69, 9.17) is 4.98 Å². The van der Waals surface area contributed by atoms with E-state index in [1.165, 1.54) is 0 Å². The molecule has 0 radical (unpaired) electrons. The highest BCUT2D eigenvalue weighted by atomic mass is 79.9. The molecule has 0 aliphatic carbocycles. The molecule has 0 unspecified atom stereocenters. The van der Waals surface area contributed by atoms with Crippen molar-refractivity contribution in [2.24, 2.45) is 0 Å². The monoisotopic (exact) mass is 372 g/mol. The molecule has 0 aromatic carbocycles. The Morgan fingerprint density at radius 3 is 2.78 bits per heavy atom. The Labute approximate surface area is 143 Å². The van der Waals surface area contributed by atoms with E-state index in [1.807, 2.05) is 49.1 Å². The van der Waals surface area contributed by atoms with Crippen LogP contribution in [0.4, 0.5) is 17.3 Å². The minimum atomic E-state index is -0.0911. The number of carbonyl (C=O) groups is 1. The number of aromatic nitrogens is 2. The minimum absolute atomic E-state index is 0.0911. The molecule has 0 saturated heterocycles. The zero-order chi connectivity index (χ0) is 16.6. The van der Waals surface area contributed by atoms with Crippen molar-refractivity contribution in [3.8, 4) is 0 Å². The van der Waals surface area contributed by atoms with Gasteiger partial charge in [0.1, 0.15) is 5.82 Å². The summed E-state index contributed by atoms with van der Waals surface area (Å²) in [6, 6.07) is 5.65. The van der Waals surface area contributed by atoms with Gasteiger partial charge in [0.25, 0.3) is 5.91 Å². The molecule has 0 bridgehead atoms. The van der Waals surface area contributed by atoms with Crippen molar-refractivity contribution in [1.82, 2.24) is 9.97 Å². The topological polar surface area (TPSA) is 49.3 Å². The van der Waals surface area contributed by atoms with Gasteiger partial charge < -0.3 is 9.80 Å². The van der Waals surface area contributed by atoms with E-state index in [0.717, 1.165) is 21.7 Å². The normalized spacial score (nSPS) is 14.0. The molecule has 3 heterocycles. The maximum Gasteiger partial charge on any atom is 0.261 e. The second-order valence-electron chi connectivity index (χ2n) is 5.21. The molecule has 2 aromatic heterocycles. The van der Waals surface area contributed by atoms with Gasteiger partial charge in [-0.25, -0.2) is 9.97 Å². The van der Waals surface area contributed by atoms with Crippen molar-refractivity contribution in [1.29, 1.82) is 0 Å². The summed E-state index contributed by atoms with van der Waals surface area (Å²) in [6.45, 7) is 4.65. The summed E-state index contributed by atoms with van der Waals surface area (Å²) in [4.78, 5) is 25.6. The molecular formula is C17H17BrN4O. The second-order valence-corrected chi connectivity index (χ2v) is 6.13. The Morgan fingerprint density at radius 2 is 2.09 bits per heavy atom. The zero-order valence-corrected chi connectivity index (χ0v) is 14.8. The average Bonchev–Trinajstić information content (AvgIpc) is 2.63.